The molecule has 2 aromatic carbocycles. The zero-order chi connectivity index (χ0) is 19.6. The molecule has 5 rings (SSSR count). The van der Waals surface area contributed by atoms with E-state index in [1.165, 1.54) is 11.8 Å². The Hall–Kier alpha value is -3.21. The number of rotatable bonds is 2. The van der Waals surface area contributed by atoms with Crippen LogP contribution in [0, 0.1) is 18.8 Å². The summed E-state index contributed by atoms with van der Waals surface area (Å²) >= 11 is 0. The van der Waals surface area contributed by atoms with Crippen molar-refractivity contribution in [3.8, 4) is 0 Å². The van der Waals surface area contributed by atoms with Crippen molar-refractivity contribution in [2.45, 2.75) is 25.9 Å². The molecule has 0 bridgehead atoms. The van der Waals surface area contributed by atoms with Gasteiger partial charge >= 0.3 is 0 Å². The molecule has 5 nitrogen and oxygen atoms in total. The zero-order valence-electron chi connectivity index (χ0n) is 15.7. The predicted octanol–water partition coefficient (Wildman–Crippen LogP) is 2.97. The fourth-order valence-electron chi connectivity index (χ4n) is 4.92. The zero-order valence-corrected chi connectivity index (χ0v) is 15.7. The molecule has 2 saturated heterocycles. The second kappa shape index (κ2) is 5.89. The van der Waals surface area contributed by atoms with Crippen molar-refractivity contribution in [1.82, 2.24) is 0 Å². The van der Waals surface area contributed by atoms with Gasteiger partial charge in [0.25, 0.3) is 0 Å². The summed E-state index contributed by atoms with van der Waals surface area (Å²) in [4.78, 5) is 42.6. The molecule has 0 N–H and O–H groups in total. The van der Waals surface area contributed by atoms with Crippen LogP contribution in [-0.4, -0.2) is 29.7 Å². The standard InChI is InChI=1S/C23H20N2O3/c1-13-7-10-16(11-8-13)24-22(27)19-18-12-9-15-5-3-4-6-17(15)25(18)21(14(2)26)20(19)23(24)28/h3-12,18-21H,1-2H3/t18-,19+,20-,21+/m1/s1. The number of Topliss-reactive ketones (excluding diaryl/α,β-unsaturated/α-hetero) is 1. The first-order chi connectivity index (χ1) is 13.5. The Kier molecular flexibility index (Phi) is 3.56. The minimum atomic E-state index is -0.660. The van der Waals surface area contributed by atoms with Crippen molar-refractivity contribution in [1.29, 1.82) is 0 Å². The molecule has 0 saturated carbocycles. The van der Waals surface area contributed by atoms with Crippen molar-refractivity contribution in [2.75, 3.05) is 9.80 Å². The van der Waals surface area contributed by atoms with Gasteiger partial charge in [-0.1, -0.05) is 48.0 Å². The van der Waals surface area contributed by atoms with E-state index in [0.717, 1.165) is 16.8 Å². The summed E-state index contributed by atoms with van der Waals surface area (Å²) < 4.78 is 0. The van der Waals surface area contributed by atoms with Gasteiger partial charge in [0.15, 0.2) is 5.78 Å². The normalized spacial score (nSPS) is 27.6. The van der Waals surface area contributed by atoms with E-state index < -0.39 is 17.9 Å². The van der Waals surface area contributed by atoms with Crippen LogP contribution in [0.5, 0.6) is 0 Å². The van der Waals surface area contributed by atoms with Gasteiger partial charge < -0.3 is 4.90 Å². The quantitative estimate of drug-likeness (QED) is 0.761. The first-order valence-electron chi connectivity index (χ1n) is 9.49. The summed E-state index contributed by atoms with van der Waals surface area (Å²) in [6, 6.07) is 14.2. The molecule has 0 spiro atoms. The predicted molar refractivity (Wildman–Crippen MR) is 107 cm³/mol. The van der Waals surface area contributed by atoms with E-state index in [2.05, 4.69) is 0 Å². The Morgan fingerprint density at radius 3 is 2.32 bits per heavy atom. The minimum Gasteiger partial charge on any atom is -0.353 e. The first kappa shape index (κ1) is 16.9. The van der Waals surface area contributed by atoms with E-state index in [-0.39, 0.29) is 23.6 Å². The average Bonchev–Trinajstić information content (AvgIpc) is 3.16. The largest absolute Gasteiger partial charge is 0.353 e. The monoisotopic (exact) mass is 372 g/mol. The van der Waals surface area contributed by atoms with E-state index in [0.29, 0.717) is 5.69 Å². The molecule has 4 atom stereocenters. The molecule has 0 unspecified atom stereocenters. The third-order valence-electron chi connectivity index (χ3n) is 6.12. The molecule has 28 heavy (non-hydrogen) atoms. The molecule has 140 valence electrons. The smallest absolute Gasteiger partial charge is 0.240 e. The third kappa shape index (κ3) is 2.16. The van der Waals surface area contributed by atoms with Crippen molar-refractivity contribution < 1.29 is 14.4 Å². The van der Waals surface area contributed by atoms with E-state index in [1.807, 2.05) is 60.4 Å². The van der Waals surface area contributed by atoms with Crippen LogP contribution in [0.1, 0.15) is 18.1 Å². The van der Waals surface area contributed by atoms with E-state index in [1.54, 1.807) is 12.1 Å². The Morgan fingerprint density at radius 2 is 1.61 bits per heavy atom. The molecule has 0 radical (unpaired) electrons. The molecule has 2 fully saturated rings. The number of anilines is 2. The van der Waals surface area contributed by atoms with E-state index >= 15 is 0 Å². The Balaban J connectivity index is 1.62. The van der Waals surface area contributed by atoms with Gasteiger partial charge in [0.2, 0.25) is 11.8 Å². The number of carbonyl (C=O) groups excluding carboxylic acids is 3. The Bertz CT molecular complexity index is 1040. The first-order valence-corrected chi connectivity index (χ1v) is 9.49. The van der Waals surface area contributed by atoms with Gasteiger partial charge in [-0.3, -0.25) is 14.4 Å². The van der Waals surface area contributed by atoms with Crippen molar-refractivity contribution in [3.63, 3.8) is 0 Å². The number of aryl methyl sites for hydroxylation is 1. The van der Waals surface area contributed by atoms with Gasteiger partial charge in [-0.25, -0.2) is 4.90 Å². The SMILES string of the molecule is CC(=O)[C@H]1[C@@H]2C(=O)N(c3ccc(C)cc3)C(=O)[C@H]2[C@H]2C=Cc3ccccc3N21. The lowest BCUT2D eigenvalue weighted by molar-refractivity contribution is -0.126. The van der Waals surface area contributed by atoms with Crippen LogP contribution in [0.25, 0.3) is 6.08 Å². The highest BCUT2D eigenvalue weighted by Gasteiger charge is 2.63. The van der Waals surface area contributed by atoms with Crippen LogP contribution in [0.2, 0.25) is 0 Å². The lowest BCUT2D eigenvalue weighted by atomic mass is 9.88. The third-order valence-corrected chi connectivity index (χ3v) is 6.12. The number of para-hydroxylation sites is 1. The molecule has 3 aliphatic heterocycles. The number of amides is 2. The molecule has 2 aromatic rings. The Labute approximate surface area is 163 Å². The molecule has 2 amide bonds. The fourth-order valence-corrected chi connectivity index (χ4v) is 4.92. The topological polar surface area (TPSA) is 57.7 Å². The molecule has 5 heteroatoms. The highest BCUT2D eigenvalue weighted by atomic mass is 16.2. The second-order valence-corrected chi connectivity index (χ2v) is 7.77. The second-order valence-electron chi connectivity index (χ2n) is 7.77. The number of nitrogens with zero attached hydrogens (tertiary/aromatic N) is 2. The average molecular weight is 372 g/mol. The highest BCUT2D eigenvalue weighted by Crippen LogP contribution is 2.49. The number of imide groups is 1. The maximum Gasteiger partial charge on any atom is 0.240 e. The summed E-state index contributed by atoms with van der Waals surface area (Å²) in [5.41, 5.74) is 3.54. The van der Waals surface area contributed by atoms with Gasteiger partial charge in [0.1, 0.15) is 6.04 Å². The number of fused-ring (bicyclic) bond motifs is 5. The maximum atomic E-state index is 13.4. The van der Waals surface area contributed by atoms with Gasteiger partial charge in [-0.2, -0.15) is 0 Å². The molecule has 0 aromatic heterocycles. The van der Waals surface area contributed by atoms with E-state index in [4.69, 9.17) is 0 Å². The van der Waals surface area contributed by atoms with Gasteiger partial charge in [0.05, 0.1) is 23.6 Å². The molecular formula is C23H20N2O3. The van der Waals surface area contributed by atoms with Gasteiger partial charge in [-0.15, -0.1) is 0 Å². The number of ketones is 1. The summed E-state index contributed by atoms with van der Waals surface area (Å²) in [5, 5.41) is 0. The summed E-state index contributed by atoms with van der Waals surface area (Å²) in [6.07, 6.45) is 3.95. The maximum absolute atomic E-state index is 13.4. The van der Waals surface area contributed by atoms with Crippen LogP contribution >= 0.6 is 0 Å². The number of carbonyl (C=O) groups is 3. The van der Waals surface area contributed by atoms with Crippen LogP contribution in [0.4, 0.5) is 11.4 Å². The lowest BCUT2D eigenvalue weighted by Gasteiger charge is -2.36. The number of benzene rings is 2. The van der Waals surface area contributed by atoms with Crippen molar-refractivity contribution >= 4 is 35.0 Å². The minimum absolute atomic E-state index is 0.0884. The summed E-state index contributed by atoms with van der Waals surface area (Å²) in [5.74, 6) is -1.80. The van der Waals surface area contributed by atoms with E-state index in [9.17, 15) is 14.4 Å². The molecule has 0 aliphatic carbocycles. The lowest BCUT2D eigenvalue weighted by Crippen LogP contribution is -2.48. The fraction of sp³-hybridized carbons (Fsp3) is 0.261. The van der Waals surface area contributed by atoms with Gasteiger partial charge in [-0.05, 0) is 37.6 Å². The van der Waals surface area contributed by atoms with Crippen LogP contribution in [-0.2, 0) is 14.4 Å². The van der Waals surface area contributed by atoms with Crippen LogP contribution < -0.4 is 9.80 Å². The van der Waals surface area contributed by atoms with Crippen LogP contribution in [0.3, 0.4) is 0 Å². The number of hydrogen-bond donors (Lipinski definition) is 0. The molecule has 3 aliphatic rings. The molecular weight excluding hydrogens is 352 g/mol. The number of hydrogen-bond acceptors (Lipinski definition) is 4. The summed E-state index contributed by atoms with van der Waals surface area (Å²) in [7, 11) is 0. The van der Waals surface area contributed by atoms with Gasteiger partial charge in [0, 0.05) is 5.69 Å². The Morgan fingerprint density at radius 1 is 0.929 bits per heavy atom. The summed E-state index contributed by atoms with van der Waals surface area (Å²) in [6.45, 7) is 3.47. The van der Waals surface area contributed by atoms with Crippen molar-refractivity contribution in [3.05, 3.63) is 65.7 Å². The van der Waals surface area contributed by atoms with Crippen molar-refractivity contribution in [2.24, 2.45) is 11.8 Å². The highest BCUT2D eigenvalue weighted by molar-refractivity contribution is 6.24. The van der Waals surface area contributed by atoms with Crippen LogP contribution in [0.15, 0.2) is 54.6 Å². The molecule has 3 heterocycles.